The maximum Gasteiger partial charge on any atom is 0.256 e. The molecule has 0 saturated heterocycles. The fourth-order valence-corrected chi connectivity index (χ4v) is 2.93. The molecule has 1 saturated carbocycles. The second-order valence-electron chi connectivity index (χ2n) is 5.79. The minimum Gasteiger partial charge on any atom is -0.339 e. The molecule has 116 valence electrons. The van der Waals surface area contributed by atoms with Crippen molar-refractivity contribution in [3.63, 3.8) is 0 Å². The van der Waals surface area contributed by atoms with E-state index in [1.807, 2.05) is 7.05 Å². The van der Waals surface area contributed by atoms with Gasteiger partial charge in [0.15, 0.2) is 0 Å². The van der Waals surface area contributed by atoms with E-state index in [0.29, 0.717) is 6.04 Å². The van der Waals surface area contributed by atoms with Crippen LogP contribution in [0, 0.1) is 18.6 Å². The number of nitrogens with zero attached hydrogens (tertiary/aromatic N) is 1. The first-order valence-electron chi connectivity index (χ1n) is 7.34. The van der Waals surface area contributed by atoms with Gasteiger partial charge in [-0.3, -0.25) is 4.79 Å². The molecule has 0 heterocycles. The lowest BCUT2D eigenvalue weighted by Crippen LogP contribution is -2.42. The smallest absolute Gasteiger partial charge is 0.256 e. The van der Waals surface area contributed by atoms with Crippen molar-refractivity contribution in [2.75, 3.05) is 14.1 Å². The average Bonchev–Trinajstić information content (AvgIpc) is 2.49. The number of halogens is 2. The van der Waals surface area contributed by atoms with Crippen molar-refractivity contribution < 1.29 is 13.6 Å². The Kier molecular flexibility index (Phi) is 4.93. The molecule has 1 aromatic rings. The van der Waals surface area contributed by atoms with E-state index >= 15 is 0 Å². The van der Waals surface area contributed by atoms with Crippen LogP contribution in [0.2, 0.25) is 0 Å². The molecule has 21 heavy (non-hydrogen) atoms. The summed E-state index contributed by atoms with van der Waals surface area (Å²) in [6, 6.07) is 2.69. The Morgan fingerprint density at radius 2 is 1.81 bits per heavy atom. The van der Waals surface area contributed by atoms with Gasteiger partial charge in [0, 0.05) is 25.2 Å². The van der Waals surface area contributed by atoms with Crippen molar-refractivity contribution in [2.45, 2.75) is 44.7 Å². The van der Waals surface area contributed by atoms with Crippen molar-refractivity contribution in [3.05, 3.63) is 34.9 Å². The first-order valence-corrected chi connectivity index (χ1v) is 7.34. The highest BCUT2D eigenvalue weighted by atomic mass is 19.1. The number of rotatable bonds is 3. The lowest BCUT2D eigenvalue weighted by Gasteiger charge is -2.34. The van der Waals surface area contributed by atoms with Gasteiger partial charge in [-0.05, 0) is 51.3 Å². The monoisotopic (exact) mass is 296 g/mol. The Hall–Kier alpha value is -1.49. The Morgan fingerprint density at radius 1 is 1.19 bits per heavy atom. The quantitative estimate of drug-likeness (QED) is 0.930. The summed E-state index contributed by atoms with van der Waals surface area (Å²) < 4.78 is 27.1. The van der Waals surface area contributed by atoms with Crippen LogP contribution in [0.5, 0.6) is 0 Å². The van der Waals surface area contributed by atoms with Crippen LogP contribution >= 0.6 is 0 Å². The normalized spacial score (nSPS) is 22.1. The lowest BCUT2D eigenvalue weighted by molar-refractivity contribution is 0.0681. The summed E-state index contributed by atoms with van der Waals surface area (Å²) in [5.41, 5.74) is 0.235. The number of benzene rings is 1. The van der Waals surface area contributed by atoms with Gasteiger partial charge in [0.05, 0.1) is 5.56 Å². The van der Waals surface area contributed by atoms with Crippen LogP contribution in [-0.4, -0.2) is 37.0 Å². The van der Waals surface area contributed by atoms with Gasteiger partial charge < -0.3 is 10.2 Å². The first kappa shape index (κ1) is 15.9. The number of aryl methyl sites for hydroxylation is 1. The zero-order chi connectivity index (χ0) is 15.6. The molecule has 1 amide bonds. The summed E-state index contributed by atoms with van der Waals surface area (Å²) in [7, 11) is 3.64. The molecule has 5 heteroatoms. The van der Waals surface area contributed by atoms with E-state index in [4.69, 9.17) is 0 Å². The number of hydrogen-bond acceptors (Lipinski definition) is 2. The molecule has 1 aromatic carbocycles. The van der Waals surface area contributed by atoms with Gasteiger partial charge in [0.1, 0.15) is 11.6 Å². The van der Waals surface area contributed by atoms with Gasteiger partial charge in [0.25, 0.3) is 5.91 Å². The van der Waals surface area contributed by atoms with Gasteiger partial charge >= 0.3 is 0 Å². The maximum atomic E-state index is 13.8. The van der Waals surface area contributed by atoms with Crippen molar-refractivity contribution in [1.29, 1.82) is 0 Å². The summed E-state index contributed by atoms with van der Waals surface area (Å²) in [5.74, 6) is -1.79. The predicted octanol–water partition coefficient (Wildman–Crippen LogP) is 2.88. The fourth-order valence-electron chi connectivity index (χ4n) is 2.93. The van der Waals surface area contributed by atoms with Crippen LogP contribution < -0.4 is 5.32 Å². The van der Waals surface area contributed by atoms with Crippen LogP contribution in [0.1, 0.15) is 41.6 Å². The summed E-state index contributed by atoms with van der Waals surface area (Å²) in [6.45, 7) is 1.53. The third kappa shape index (κ3) is 3.40. The van der Waals surface area contributed by atoms with Crippen molar-refractivity contribution in [3.8, 4) is 0 Å². The standard InChI is InChI=1S/C16H22F2N2O/c1-10-8-13(15(18)9-14(10)17)16(21)20(3)12-6-4-11(19-2)5-7-12/h8-9,11-12,19H,4-7H2,1-3H3. The second kappa shape index (κ2) is 6.52. The predicted molar refractivity (Wildman–Crippen MR) is 78.3 cm³/mol. The Labute approximate surface area is 124 Å². The molecule has 0 bridgehead atoms. The van der Waals surface area contributed by atoms with Gasteiger partial charge in [-0.15, -0.1) is 0 Å². The molecule has 0 unspecified atom stereocenters. The van der Waals surface area contributed by atoms with E-state index in [2.05, 4.69) is 5.32 Å². The van der Waals surface area contributed by atoms with Crippen molar-refractivity contribution in [2.24, 2.45) is 0 Å². The van der Waals surface area contributed by atoms with E-state index < -0.39 is 11.6 Å². The highest BCUT2D eigenvalue weighted by Gasteiger charge is 2.28. The zero-order valence-electron chi connectivity index (χ0n) is 12.7. The second-order valence-corrected chi connectivity index (χ2v) is 5.79. The molecule has 1 fully saturated rings. The SMILES string of the molecule is CNC1CCC(N(C)C(=O)c2cc(C)c(F)cc2F)CC1. The van der Waals surface area contributed by atoms with Crippen molar-refractivity contribution in [1.82, 2.24) is 10.2 Å². The maximum absolute atomic E-state index is 13.8. The molecule has 3 nitrogen and oxygen atoms in total. The zero-order valence-corrected chi connectivity index (χ0v) is 12.7. The van der Waals surface area contributed by atoms with Crippen LogP contribution in [0.25, 0.3) is 0 Å². The minimum atomic E-state index is -0.793. The number of carbonyl (C=O) groups excluding carboxylic acids is 1. The number of amides is 1. The van der Waals surface area contributed by atoms with Gasteiger partial charge in [0.2, 0.25) is 0 Å². The van der Waals surface area contributed by atoms with Crippen molar-refractivity contribution >= 4 is 5.91 Å². The van der Waals surface area contributed by atoms with E-state index in [-0.39, 0.29) is 23.1 Å². The molecule has 0 aliphatic heterocycles. The van der Waals surface area contributed by atoms with E-state index in [9.17, 15) is 13.6 Å². The minimum absolute atomic E-state index is 0.0489. The van der Waals surface area contributed by atoms with Crippen LogP contribution in [0.3, 0.4) is 0 Å². The van der Waals surface area contributed by atoms with E-state index in [0.717, 1.165) is 31.7 Å². The Balaban J connectivity index is 2.11. The highest BCUT2D eigenvalue weighted by Crippen LogP contribution is 2.24. The summed E-state index contributed by atoms with van der Waals surface area (Å²) in [6.07, 6.45) is 3.80. The lowest BCUT2D eigenvalue weighted by atomic mass is 9.90. The summed E-state index contributed by atoms with van der Waals surface area (Å²) >= 11 is 0. The molecule has 1 aliphatic rings. The Bertz CT molecular complexity index is 525. The van der Waals surface area contributed by atoms with Crippen LogP contribution in [0.15, 0.2) is 12.1 Å². The molecule has 0 aromatic heterocycles. The Morgan fingerprint density at radius 3 is 2.38 bits per heavy atom. The van der Waals surface area contributed by atoms with Gasteiger partial charge in [-0.1, -0.05) is 0 Å². The molecule has 1 aliphatic carbocycles. The largest absolute Gasteiger partial charge is 0.339 e. The number of nitrogens with one attached hydrogen (secondary N) is 1. The number of hydrogen-bond donors (Lipinski definition) is 1. The molecule has 0 radical (unpaired) electrons. The third-order valence-corrected chi connectivity index (χ3v) is 4.45. The first-order chi connectivity index (χ1) is 9.93. The fraction of sp³-hybridized carbons (Fsp3) is 0.562. The highest BCUT2D eigenvalue weighted by molar-refractivity contribution is 5.94. The molecule has 0 atom stereocenters. The van der Waals surface area contributed by atoms with E-state index in [1.165, 1.54) is 13.0 Å². The molecule has 1 N–H and O–H groups in total. The molecular weight excluding hydrogens is 274 g/mol. The molecule has 0 spiro atoms. The van der Waals surface area contributed by atoms with E-state index in [1.54, 1.807) is 11.9 Å². The third-order valence-electron chi connectivity index (χ3n) is 4.45. The number of carbonyl (C=O) groups is 1. The molecule has 2 rings (SSSR count). The summed E-state index contributed by atoms with van der Waals surface area (Å²) in [5, 5.41) is 3.24. The van der Waals surface area contributed by atoms with Crippen LogP contribution in [0.4, 0.5) is 8.78 Å². The summed E-state index contributed by atoms with van der Waals surface area (Å²) in [4.78, 5) is 14.0. The average molecular weight is 296 g/mol. The topological polar surface area (TPSA) is 32.3 Å². The van der Waals surface area contributed by atoms with Gasteiger partial charge in [-0.2, -0.15) is 0 Å². The molecular formula is C16H22F2N2O. The van der Waals surface area contributed by atoms with Gasteiger partial charge in [-0.25, -0.2) is 8.78 Å². The van der Waals surface area contributed by atoms with Crippen LogP contribution in [-0.2, 0) is 0 Å².